The molecule has 0 unspecified atom stereocenters. The van der Waals surface area contributed by atoms with Gasteiger partial charge in [0.1, 0.15) is 5.82 Å². The molecule has 3 aliphatic rings. The van der Waals surface area contributed by atoms with Crippen LogP contribution >= 0.6 is 11.6 Å². The Kier molecular flexibility index (Phi) is 4.63. The van der Waals surface area contributed by atoms with Crippen molar-refractivity contribution in [2.75, 3.05) is 42.6 Å². The average Bonchev–Trinajstić information content (AvgIpc) is 2.97. The molecule has 0 radical (unpaired) electrons. The summed E-state index contributed by atoms with van der Waals surface area (Å²) in [6.45, 7) is 3.09. The first kappa shape index (κ1) is 19.3. The van der Waals surface area contributed by atoms with Crippen molar-refractivity contribution < 1.29 is 21.6 Å². The molecule has 10 heteroatoms. The zero-order valence-electron chi connectivity index (χ0n) is 14.7. The van der Waals surface area contributed by atoms with Gasteiger partial charge in [0.25, 0.3) is 0 Å². The van der Waals surface area contributed by atoms with Crippen LogP contribution < -0.4 is 4.90 Å². The third-order valence-corrected chi connectivity index (χ3v) is 8.33. The Bertz CT molecular complexity index is 826. The van der Waals surface area contributed by atoms with Gasteiger partial charge in [0.05, 0.1) is 22.1 Å². The normalized spacial score (nSPS) is 25.7. The highest BCUT2D eigenvalue weighted by Crippen LogP contribution is 2.43. The van der Waals surface area contributed by atoms with Crippen molar-refractivity contribution in [3.05, 3.63) is 22.8 Å². The second kappa shape index (κ2) is 6.49. The van der Waals surface area contributed by atoms with E-state index >= 15 is 0 Å². The van der Waals surface area contributed by atoms with Crippen molar-refractivity contribution in [1.82, 2.24) is 9.88 Å². The van der Waals surface area contributed by atoms with Crippen molar-refractivity contribution in [1.29, 1.82) is 0 Å². The molecule has 1 aromatic rings. The van der Waals surface area contributed by atoms with Crippen LogP contribution in [0.1, 0.15) is 24.8 Å². The molecule has 0 atom stereocenters. The predicted octanol–water partition coefficient (Wildman–Crippen LogP) is 2.84. The maximum atomic E-state index is 12.8. The Labute approximate surface area is 161 Å². The summed E-state index contributed by atoms with van der Waals surface area (Å²) in [5.74, 6) is 1.01. The van der Waals surface area contributed by atoms with Gasteiger partial charge < -0.3 is 4.90 Å². The van der Waals surface area contributed by atoms with E-state index in [1.54, 1.807) is 0 Å². The number of rotatable bonds is 2. The van der Waals surface area contributed by atoms with Crippen LogP contribution in [-0.2, 0) is 16.0 Å². The summed E-state index contributed by atoms with van der Waals surface area (Å²) < 4.78 is 61.3. The summed E-state index contributed by atoms with van der Waals surface area (Å²) in [6.07, 6.45) is -0.972. The third kappa shape index (κ3) is 3.78. The summed E-state index contributed by atoms with van der Waals surface area (Å²) in [5.41, 5.74) is -0.891. The summed E-state index contributed by atoms with van der Waals surface area (Å²) in [5, 5.41) is 0.0167. The van der Waals surface area contributed by atoms with Crippen LogP contribution in [0.3, 0.4) is 0 Å². The van der Waals surface area contributed by atoms with Crippen molar-refractivity contribution in [3.8, 4) is 0 Å². The Hall–Kier alpha value is -1.06. The standard InChI is InChI=1S/C17H21ClF3N3O2S/c18-14-7-12(17(19,20)21)8-22-15(14)23-4-1-13(2-5-23)24-6-3-16(9-24)10-27(25,26)11-16/h7-8,13H,1-6,9-11H2. The molecule has 3 aliphatic heterocycles. The highest BCUT2D eigenvalue weighted by Gasteiger charge is 2.52. The Balaban J connectivity index is 1.36. The first-order valence-corrected chi connectivity index (χ1v) is 11.2. The lowest BCUT2D eigenvalue weighted by Gasteiger charge is -2.41. The number of likely N-dealkylation sites (tertiary alicyclic amines) is 1. The van der Waals surface area contributed by atoms with Gasteiger partial charge in [-0.25, -0.2) is 13.4 Å². The minimum Gasteiger partial charge on any atom is -0.355 e. The first-order valence-electron chi connectivity index (χ1n) is 8.99. The molecular formula is C17H21ClF3N3O2S. The average molecular weight is 424 g/mol. The molecule has 4 heterocycles. The minimum atomic E-state index is -4.46. The van der Waals surface area contributed by atoms with Gasteiger partial charge in [-0.1, -0.05) is 11.6 Å². The molecule has 0 amide bonds. The summed E-state index contributed by atoms with van der Waals surface area (Å²) >= 11 is 6.05. The maximum absolute atomic E-state index is 12.8. The second-order valence-electron chi connectivity index (χ2n) is 8.00. The Morgan fingerprint density at radius 3 is 2.41 bits per heavy atom. The van der Waals surface area contributed by atoms with Gasteiger partial charge in [0, 0.05) is 37.3 Å². The highest BCUT2D eigenvalue weighted by atomic mass is 35.5. The van der Waals surface area contributed by atoms with E-state index in [-0.39, 0.29) is 10.4 Å². The quantitative estimate of drug-likeness (QED) is 0.732. The number of aromatic nitrogens is 1. The fourth-order valence-corrected chi connectivity index (χ4v) is 7.21. The number of alkyl halides is 3. The number of halogens is 4. The predicted molar refractivity (Wildman–Crippen MR) is 96.8 cm³/mol. The van der Waals surface area contributed by atoms with Crippen LogP contribution in [0.4, 0.5) is 19.0 Å². The molecule has 3 saturated heterocycles. The smallest absolute Gasteiger partial charge is 0.355 e. The lowest BCUT2D eigenvalue weighted by molar-refractivity contribution is -0.137. The van der Waals surface area contributed by atoms with Gasteiger partial charge in [-0.2, -0.15) is 13.2 Å². The molecular weight excluding hydrogens is 403 g/mol. The molecule has 0 bridgehead atoms. The molecule has 5 nitrogen and oxygen atoms in total. The van der Waals surface area contributed by atoms with Gasteiger partial charge in [-0.05, 0) is 31.9 Å². The summed E-state index contributed by atoms with van der Waals surface area (Å²) in [6, 6.07) is 1.30. The topological polar surface area (TPSA) is 53.5 Å². The Morgan fingerprint density at radius 1 is 1.19 bits per heavy atom. The van der Waals surface area contributed by atoms with E-state index in [1.165, 1.54) is 0 Å². The van der Waals surface area contributed by atoms with E-state index in [0.29, 0.717) is 36.5 Å². The van der Waals surface area contributed by atoms with Crippen LogP contribution in [0.5, 0.6) is 0 Å². The van der Waals surface area contributed by atoms with Crippen molar-refractivity contribution in [2.24, 2.45) is 5.41 Å². The largest absolute Gasteiger partial charge is 0.417 e. The summed E-state index contributed by atoms with van der Waals surface area (Å²) in [7, 11) is -2.83. The minimum absolute atomic E-state index is 0.0167. The molecule has 1 aromatic heterocycles. The fraction of sp³-hybridized carbons (Fsp3) is 0.706. The number of hydrogen-bond acceptors (Lipinski definition) is 5. The number of piperidine rings is 1. The third-order valence-electron chi connectivity index (χ3n) is 5.95. The lowest BCUT2D eigenvalue weighted by Crippen LogP contribution is -2.52. The number of sulfone groups is 1. The van der Waals surface area contributed by atoms with Crippen molar-refractivity contribution in [2.45, 2.75) is 31.5 Å². The zero-order valence-corrected chi connectivity index (χ0v) is 16.2. The molecule has 0 aromatic carbocycles. The number of pyridine rings is 1. The van der Waals surface area contributed by atoms with Crippen LogP contribution in [0, 0.1) is 5.41 Å². The molecule has 150 valence electrons. The first-order chi connectivity index (χ1) is 12.6. The molecule has 0 aliphatic carbocycles. The number of nitrogens with zero attached hydrogens (tertiary/aromatic N) is 3. The van der Waals surface area contributed by atoms with Crippen molar-refractivity contribution in [3.63, 3.8) is 0 Å². The van der Waals surface area contributed by atoms with E-state index in [1.807, 2.05) is 4.90 Å². The lowest BCUT2D eigenvalue weighted by atomic mass is 9.91. The van der Waals surface area contributed by atoms with E-state index in [4.69, 9.17) is 11.6 Å². The summed E-state index contributed by atoms with van der Waals surface area (Å²) in [4.78, 5) is 8.26. The SMILES string of the molecule is O=S1(=O)CC2(CCN(C3CCN(c4ncc(C(F)(F)F)cc4Cl)CC3)C2)C1. The van der Waals surface area contributed by atoms with E-state index in [2.05, 4.69) is 9.88 Å². The molecule has 0 N–H and O–H groups in total. The Morgan fingerprint density at radius 2 is 1.85 bits per heavy atom. The van der Waals surface area contributed by atoms with Crippen LogP contribution in [0.15, 0.2) is 12.3 Å². The molecule has 1 spiro atoms. The molecule has 4 rings (SSSR count). The fourth-order valence-electron chi connectivity index (χ4n) is 4.67. The zero-order chi connectivity index (χ0) is 19.4. The van der Waals surface area contributed by atoms with Gasteiger partial charge in [-0.3, -0.25) is 4.90 Å². The van der Waals surface area contributed by atoms with Gasteiger partial charge in [0.15, 0.2) is 9.84 Å². The van der Waals surface area contributed by atoms with E-state index < -0.39 is 21.6 Å². The van der Waals surface area contributed by atoms with Gasteiger partial charge in [0.2, 0.25) is 0 Å². The van der Waals surface area contributed by atoms with Crippen LogP contribution in [0.25, 0.3) is 0 Å². The molecule has 0 saturated carbocycles. The van der Waals surface area contributed by atoms with Crippen molar-refractivity contribution >= 4 is 27.3 Å². The maximum Gasteiger partial charge on any atom is 0.417 e. The highest BCUT2D eigenvalue weighted by molar-refractivity contribution is 7.92. The number of hydrogen-bond donors (Lipinski definition) is 0. The van der Waals surface area contributed by atoms with E-state index in [9.17, 15) is 21.6 Å². The van der Waals surface area contributed by atoms with Crippen LogP contribution in [-0.4, -0.2) is 62.0 Å². The second-order valence-corrected chi connectivity index (χ2v) is 10.5. The molecule has 3 fully saturated rings. The van der Waals surface area contributed by atoms with Crippen LogP contribution in [0.2, 0.25) is 5.02 Å². The monoisotopic (exact) mass is 423 g/mol. The van der Waals surface area contributed by atoms with E-state index in [0.717, 1.165) is 44.6 Å². The van der Waals surface area contributed by atoms with Gasteiger partial charge >= 0.3 is 6.18 Å². The van der Waals surface area contributed by atoms with Gasteiger partial charge in [-0.15, -0.1) is 0 Å². The number of anilines is 1. The molecule has 27 heavy (non-hydrogen) atoms.